The van der Waals surface area contributed by atoms with E-state index in [9.17, 15) is 14.4 Å². The van der Waals surface area contributed by atoms with E-state index in [1.165, 1.54) is 12.2 Å². The Labute approximate surface area is 118 Å². The van der Waals surface area contributed by atoms with Crippen LogP contribution in [0.25, 0.3) is 0 Å². The lowest BCUT2D eigenvalue weighted by Gasteiger charge is -2.07. The van der Waals surface area contributed by atoms with Crippen LogP contribution in [0, 0.1) is 0 Å². The maximum Gasteiger partial charge on any atom is 0.258 e. The highest BCUT2D eigenvalue weighted by atomic mass is 16.2. The zero-order valence-electron chi connectivity index (χ0n) is 11.5. The van der Waals surface area contributed by atoms with Gasteiger partial charge in [0.15, 0.2) is 0 Å². The molecule has 106 valence electrons. The van der Waals surface area contributed by atoms with E-state index in [1.54, 1.807) is 11.9 Å². The average molecular weight is 274 g/mol. The van der Waals surface area contributed by atoms with E-state index in [2.05, 4.69) is 18.5 Å². The van der Waals surface area contributed by atoms with E-state index < -0.39 is 11.8 Å². The summed E-state index contributed by atoms with van der Waals surface area (Å²) in [6.07, 6.45) is 9.30. The second kappa shape index (κ2) is 7.23. The molecule has 20 heavy (non-hydrogen) atoms. The molecule has 1 N–H and O–H groups in total. The maximum absolute atomic E-state index is 10.9. The normalized spacial score (nSPS) is 18.2. The number of nitrogens with zero attached hydrogens (tertiary/aromatic N) is 1. The lowest BCUT2D eigenvalue weighted by atomic mass is 10.1. The van der Waals surface area contributed by atoms with Gasteiger partial charge in [-0.3, -0.25) is 19.7 Å². The Kier molecular flexibility index (Phi) is 5.65. The molecule has 0 aromatic carbocycles. The number of nitrogens with one attached hydrogen (secondary N) is 1. The van der Waals surface area contributed by atoms with Crippen molar-refractivity contribution in [3.8, 4) is 0 Å². The topological polar surface area (TPSA) is 66.5 Å². The molecule has 0 fully saturated rings. The van der Waals surface area contributed by atoms with Crippen LogP contribution in [-0.4, -0.2) is 29.7 Å². The van der Waals surface area contributed by atoms with E-state index >= 15 is 0 Å². The minimum Gasteiger partial charge on any atom is -0.322 e. The largest absolute Gasteiger partial charge is 0.322 e. The SMILES string of the molecule is C=CC1=C(C=C)C(=O)NC1=O.CN1C=CCCCC1=O. The highest BCUT2D eigenvalue weighted by Gasteiger charge is 2.25. The number of hydrogen-bond acceptors (Lipinski definition) is 3. The van der Waals surface area contributed by atoms with Crippen LogP contribution in [0.2, 0.25) is 0 Å². The monoisotopic (exact) mass is 274 g/mol. The van der Waals surface area contributed by atoms with Gasteiger partial charge in [0.1, 0.15) is 0 Å². The Morgan fingerprint density at radius 3 is 2.20 bits per heavy atom. The lowest BCUT2D eigenvalue weighted by molar-refractivity contribution is -0.127. The van der Waals surface area contributed by atoms with Crippen LogP contribution < -0.4 is 5.32 Å². The summed E-state index contributed by atoms with van der Waals surface area (Å²) in [6, 6.07) is 0. The van der Waals surface area contributed by atoms with Crippen molar-refractivity contribution in [1.82, 2.24) is 10.2 Å². The van der Waals surface area contributed by atoms with Gasteiger partial charge >= 0.3 is 0 Å². The molecule has 0 saturated carbocycles. The second-order valence-corrected chi connectivity index (χ2v) is 4.30. The summed E-state index contributed by atoms with van der Waals surface area (Å²) in [6.45, 7) is 6.81. The van der Waals surface area contributed by atoms with Gasteiger partial charge in [-0.2, -0.15) is 0 Å². The average Bonchev–Trinajstić information content (AvgIpc) is 2.57. The van der Waals surface area contributed by atoms with Crippen LogP contribution in [0.15, 0.2) is 48.7 Å². The smallest absolute Gasteiger partial charge is 0.258 e. The summed E-state index contributed by atoms with van der Waals surface area (Å²) in [4.78, 5) is 34.3. The maximum atomic E-state index is 10.9. The predicted molar refractivity (Wildman–Crippen MR) is 76.3 cm³/mol. The zero-order valence-corrected chi connectivity index (χ0v) is 11.5. The molecule has 2 aliphatic heterocycles. The third-order valence-corrected chi connectivity index (χ3v) is 2.90. The molecule has 0 aromatic heterocycles. The second-order valence-electron chi connectivity index (χ2n) is 4.30. The van der Waals surface area contributed by atoms with E-state index in [4.69, 9.17) is 0 Å². The Bertz CT molecular complexity index is 487. The molecule has 0 aliphatic carbocycles. The quantitative estimate of drug-likeness (QED) is 0.775. The summed E-state index contributed by atoms with van der Waals surface area (Å²) in [5.41, 5.74) is 0.593. The zero-order chi connectivity index (χ0) is 15.1. The van der Waals surface area contributed by atoms with E-state index in [0.29, 0.717) is 17.6 Å². The molecule has 2 rings (SSSR count). The number of allylic oxidation sites excluding steroid dienone is 1. The predicted octanol–water partition coefficient (Wildman–Crippen LogP) is 1.45. The van der Waals surface area contributed by atoms with Crippen molar-refractivity contribution >= 4 is 17.7 Å². The van der Waals surface area contributed by atoms with Crippen LogP contribution in [0.5, 0.6) is 0 Å². The molecule has 3 amide bonds. The van der Waals surface area contributed by atoms with E-state index in [-0.39, 0.29) is 5.91 Å². The summed E-state index contributed by atoms with van der Waals surface area (Å²) in [5.74, 6) is -0.580. The van der Waals surface area contributed by atoms with Gasteiger partial charge < -0.3 is 4.90 Å². The molecular weight excluding hydrogens is 256 g/mol. The summed E-state index contributed by atoms with van der Waals surface area (Å²) >= 11 is 0. The standard InChI is InChI=1S/C8H7NO2.C7H11NO/c1-3-5-6(4-2)8(11)9-7(5)10;1-8-6-4-2-3-5-7(8)9/h3-4H,1-2H2,(H,9,10,11);4,6H,2-3,5H2,1H3. The molecule has 5 nitrogen and oxygen atoms in total. The summed E-state index contributed by atoms with van der Waals surface area (Å²) in [5, 5.41) is 2.12. The van der Waals surface area contributed by atoms with Crippen molar-refractivity contribution in [2.45, 2.75) is 19.3 Å². The third kappa shape index (κ3) is 3.78. The van der Waals surface area contributed by atoms with Gasteiger partial charge in [0.05, 0.1) is 11.1 Å². The Hall–Kier alpha value is -2.43. The molecule has 0 spiro atoms. The van der Waals surface area contributed by atoms with Crippen molar-refractivity contribution in [3.63, 3.8) is 0 Å². The van der Waals surface area contributed by atoms with Crippen LogP contribution in [0.4, 0.5) is 0 Å². The summed E-state index contributed by atoms with van der Waals surface area (Å²) < 4.78 is 0. The van der Waals surface area contributed by atoms with Crippen LogP contribution in [0.1, 0.15) is 19.3 Å². The van der Waals surface area contributed by atoms with Crippen molar-refractivity contribution in [2.75, 3.05) is 7.05 Å². The molecule has 0 saturated heterocycles. The number of amides is 3. The molecule has 0 aromatic rings. The fraction of sp³-hybridized carbons (Fsp3) is 0.267. The van der Waals surface area contributed by atoms with Gasteiger partial charge in [-0.15, -0.1) is 0 Å². The minimum absolute atomic E-state index is 0.226. The van der Waals surface area contributed by atoms with Crippen LogP contribution in [0.3, 0.4) is 0 Å². The summed E-state index contributed by atoms with van der Waals surface area (Å²) in [7, 11) is 1.80. The Morgan fingerprint density at radius 2 is 1.70 bits per heavy atom. The minimum atomic E-state index is -0.403. The molecule has 2 aliphatic rings. The molecular formula is C15H18N2O3. The van der Waals surface area contributed by atoms with E-state index in [0.717, 1.165) is 12.8 Å². The Morgan fingerprint density at radius 1 is 1.15 bits per heavy atom. The Balaban J connectivity index is 0.000000204. The first kappa shape index (κ1) is 15.6. The number of carbonyl (C=O) groups excluding carboxylic acids is 3. The number of rotatable bonds is 2. The van der Waals surface area contributed by atoms with Gasteiger partial charge in [0, 0.05) is 19.7 Å². The van der Waals surface area contributed by atoms with Crippen LogP contribution >= 0.6 is 0 Å². The lowest BCUT2D eigenvalue weighted by Crippen LogP contribution is -2.22. The molecule has 2 heterocycles. The van der Waals surface area contributed by atoms with Gasteiger partial charge in [0.25, 0.3) is 11.8 Å². The fourth-order valence-electron chi connectivity index (χ4n) is 1.75. The molecule has 0 atom stereocenters. The van der Waals surface area contributed by atoms with Gasteiger partial charge in [-0.05, 0) is 12.8 Å². The number of imide groups is 1. The van der Waals surface area contributed by atoms with Crippen molar-refractivity contribution < 1.29 is 14.4 Å². The third-order valence-electron chi connectivity index (χ3n) is 2.90. The first-order chi connectivity index (χ1) is 9.51. The van der Waals surface area contributed by atoms with Crippen LogP contribution in [-0.2, 0) is 14.4 Å². The van der Waals surface area contributed by atoms with Crippen molar-refractivity contribution in [2.24, 2.45) is 0 Å². The van der Waals surface area contributed by atoms with Gasteiger partial charge in [0.2, 0.25) is 5.91 Å². The highest BCUT2D eigenvalue weighted by molar-refractivity contribution is 6.21. The molecule has 0 radical (unpaired) electrons. The first-order valence-corrected chi connectivity index (χ1v) is 6.28. The van der Waals surface area contributed by atoms with Gasteiger partial charge in [-0.25, -0.2) is 0 Å². The van der Waals surface area contributed by atoms with Crippen molar-refractivity contribution in [3.05, 3.63) is 48.7 Å². The van der Waals surface area contributed by atoms with Gasteiger partial charge in [-0.1, -0.05) is 31.4 Å². The fourth-order valence-corrected chi connectivity index (χ4v) is 1.75. The molecule has 0 bridgehead atoms. The molecule has 5 heteroatoms. The first-order valence-electron chi connectivity index (χ1n) is 6.28. The number of carbonyl (C=O) groups is 3. The highest BCUT2D eigenvalue weighted by Crippen LogP contribution is 2.13. The number of hydrogen-bond donors (Lipinski definition) is 1. The van der Waals surface area contributed by atoms with E-state index in [1.807, 2.05) is 12.3 Å². The van der Waals surface area contributed by atoms with Crippen molar-refractivity contribution in [1.29, 1.82) is 0 Å². The molecule has 0 unspecified atom stereocenters.